The summed E-state index contributed by atoms with van der Waals surface area (Å²) >= 11 is 5.90. The largest absolute Gasteiger partial charge is 0.384 e. The Kier molecular flexibility index (Phi) is 4.99. The minimum absolute atomic E-state index is 0.155. The maximum Gasteiger partial charge on any atom is 0.271 e. The predicted molar refractivity (Wildman–Crippen MR) is 74.2 cm³/mol. The fourth-order valence-corrected chi connectivity index (χ4v) is 2.34. The molecule has 19 heavy (non-hydrogen) atoms. The van der Waals surface area contributed by atoms with E-state index in [2.05, 4.69) is 10.3 Å². The molecule has 1 aromatic rings. The van der Waals surface area contributed by atoms with Crippen molar-refractivity contribution in [3.8, 4) is 0 Å². The normalized spacial score (nSPS) is 15.6. The van der Waals surface area contributed by atoms with Crippen LogP contribution in [0.25, 0.3) is 0 Å². The standard InChI is InChI=1S/C13H18ClN3O2/c14-10-5-6-11(15)17-12(10)13(18)16-7-8-19-9-3-1-2-4-9/h5-6,9H,1-4,7-8H2,(H2,15,17)(H,16,18). The molecule has 104 valence electrons. The molecule has 0 unspecified atom stereocenters. The molecule has 2 rings (SSSR count). The molecule has 5 nitrogen and oxygen atoms in total. The monoisotopic (exact) mass is 283 g/mol. The van der Waals surface area contributed by atoms with Crippen LogP contribution in [0.4, 0.5) is 5.82 Å². The summed E-state index contributed by atoms with van der Waals surface area (Å²) in [4.78, 5) is 15.8. The maximum atomic E-state index is 11.8. The van der Waals surface area contributed by atoms with E-state index in [0.29, 0.717) is 24.3 Å². The van der Waals surface area contributed by atoms with Crippen LogP contribution in [-0.4, -0.2) is 30.1 Å². The van der Waals surface area contributed by atoms with Gasteiger partial charge in [0.1, 0.15) is 11.5 Å². The number of halogens is 1. The number of hydrogen-bond donors (Lipinski definition) is 2. The molecular formula is C13H18ClN3O2. The second kappa shape index (κ2) is 6.73. The van der Waals surface area contributed by atoms with Gasteiger partial charge in [-0.2, -0.15) is 0 Å². The van der Waals surface area contributed by atoms with Gasteiger partial charge in [-0.3, -0.25) is 4.79 Å². The Morgan fingerprint density at radius 3 is 2.95 bits per heavy atom. The lowest BCUT2D eigenvalue weighted by Gasteiger charge is -2.11. The Balaban J connectivity index is 1.75. The van der Waals surface area contributed by atoms with Crippen molar-refractivity contribution in [2.75, 3.05) is 18.9 Å². The zero-order valence-corrected chi connectivity index (χ0v) is 11.4. The molecule has 0 atom stereocenters. The lowest BCUT2D eigenvalue weighted by Crippen LogP contribution is -2.29. The van der Waals surface area contributed by atoms with Crippen molar-refractivity contribution in [2.45, 2.75) is 31.8 Å². The molecule has 3 N–H and O–H groups in total. The third-order valence-electron chi connectivity index (χ3n) is 3.13. The van der Waals surface area contributed by atoms with E-state index < -0.39 is 0 Å². The quantitative estimate of drug-likeness (QED) is 0.811. The average Bonchev–Trinajstić information content (AvgIpc) is 2.90. The SMILES string of the molecule is Nc1ccc(Cl)c(C(=O)NCCOC2CCCC2)n1. The first-order valence-electron chi connectivity index (χ1n) is 6.48. The van der Waals surface area contributed by atoms with E-state index in [-0.39, 0.29) is 17.4 Å². The molecule has 0 bridgehead atoms. The average molecular weight is 284 g/mol. The summed E-state index contributed by atoms with van der Waals surface area (Å²) in [5, 5.41) is 3.02. The zero-order valence-electron chi connectivity index (χ0n) is 10.7. The smallest absolute Gasteiger partial charge is 0.271 e. The number of carbonyl (C=O) groups is 1. The number of aromatic nitrogens is 1. The minimum atomic E-state index is -0.327. The molecule has 1 aromatic heterocycles. The fourth-order valence-electron chi connectivity index (χ4n) is 2.15. The number of rotatable bonds is 5. The molecule has 0 spiro atoms. The highest BCUT2D eigenvalue weighted by molar-refractivity contribution is 6.33. The van der Waals surface area contributed by atoms with Gasteiger partial charge in [0.15, 0.2) is 0 Å². The number of anilines is 1. The summed E-state index contributed by atoms with van der Waals surface area (Å²) in [6, 6.07) is 3.12. The fraction of sp³-hybridized carbons (Fsp3) is 0.538. The van der Waals surface area contributed by atoms with Gasteiger partial charge >= 0.3 is 0 Å². The van der Waals surface area contributed by atoms with Gasteiger partial charge in [-0.15, -0.1) is 0 Å². The first-order chi connectivity index (χ1) is 9.16. The molecule has 1 heterocycles. The molecule has 1 aliphatic rings. The Hall–Kier alpha value is -1.33. The molecule has 6 heteroatoms. The van der Waals surface area contributed by atoms with Gasteiger partial charge in [-0.1, -0.05) is 24.4 Å². The van der Waals surface area contributed by atoms with Crippen molar-refractivity contribution >= 4 is 23.3 Å². The third-order valence-corrected chi connectivity index (χ3v) is 3.43. The molecule has 1 aliphatic carbocycles. The number of hydrogen-bond acceptors (Lipinski definition) is 4. The number of carbonyl (C=O) groups excluding carboxylic acids is 1. The van der Waals surface area contributed by atoms with Gasteiger partial charge < -0.3 is 15.8 Å². The summed E-state index contributed by atoms with van der Waals surface area (Å²) in [5.74, 6) is -0.0518. The Morgan fingerprint density at radius 1 is 1.47 bits per heavy atom. The molecule has 0 aliphatic heterocycles. The van der Waals surface area contributed by atoms with E-state index in [9.17, 15) is 4.79 Å². The van der Waals surface area contributed by atoms with Crippen molar-refractivity contribution in [3.63, 3.8) is 0 Å². The van der Waals surface area contributed by atoms with Crippen molar-refractivity contribution in [2.24, 2.45) is 0 Å². The molecule has 1 amide bonds. The maximum absolute atomic E-state index is 11.8. The van der Waals surface area contributed by atoms with Crippen molar-refractivity contribution in [3.05, 3.63) is 22.8 Å². The van der Waals surface area contributed by atoms with Crippen LogP contribution >= 0.6 is 11.6 Å². The zero-order chi connectivity index (χ0) is 13.7. The molecule has 0 radical (unpaired) electrons. The van der Waals surface area contributed by atoms with Crippen molar-refractivity contribution in [1.29, 1.82) is 0 Å². The Morgan fingerprint density at radius 2 is 2.21 bits per heavy atom. The summed E-state index contributed by atoms with van der Waals surface area (Å²) in [6.45, 7) is 0.957. The highest BCUT2D eigenvalue weighted by Crippen LogP contribution is 2.20. The number of nitrogen functional groups attached to an aromatic ring is 1. The first kappa shape index (κ1) is 14.1. The summed E-state index contributed by atoms with van der Waals surface area (Å²) in [5.41, 5.74) is 5.68. The van der Waals surface area contributed by atoms with Gasteiger partial charge in [0.05, 0.1) is 17.7 Å². The van der Waals surface area contributed by atoms with Gasteiger partial charge in [0, 0.05) is 6.54 Å². The summed E-state index contributed by atoms with van der Waals surface area (Å²) < 4.78 is 5.65. The van der Waals surface area contributed by atoms with Gasteiger partial charge in [0.25, 0.3) is 5.91 Å². The van der Waals surface area contributed by atoms with E-state index in [1.807, 2.05) is 0 Å². The van der Waals surface area contributed by atoms with Crippen molar-refractivity contribution < 1.29 is 9.53 Å². The highest BCUT2D eigenvalue weighted by Gasteiger charge is 2.15. The van der Waals surface area contributed by atoms with Crippen LogP contribution in [0, 0.1) is 0 Å². The lowest BCUT2D eigenvalue weighted by atomic mass is 10.3. The number of nitrogens with one attached hydrogen (secondary N) is 1. The molecule has 1 fully saturated rings. The molecule has 1 saturated carbocycles. The van der Waals surface area contributed by atoms with Crippen LogP contribution in [0.15, 0.2) is 12.1 Å². The topological polar surface area (TPSA) is 77.2 Å². The van der Waals surface area contributed by atoms with E-state index >= 15 is 0 Å². The Labute approximate surface area is 117 Å². The number of amides is 1. The second-order valence-electron chi connectivity index (χ2n) is 4.60. The van der Waals surface area contributed by atoms with Crippen LogP contribution in [0.5, 0.6) is 0 Å². The highest BCUT2D eigenvalue weighted by atomic mass is 35.5. The van der Waals surface area contributed by atoms with Crippen LogP contribution in [0.3, 0.4) is 0 Å². The van der Waals surface area contributed by atoms with Gasteiger partial charge in [0.2, 0.25) is 0 Å². The van der Waals surface area contributed by atoms with Gasteiger partial charge in [-0.25, -0.2) is 4.98 Å². The van der Waals surface area contributed by atoms with E-state index in [0.717, 1.165) is 12.8 Å². The van der Waals surface area contributed by atoms with Crippen LogP contribution < -0.4 is 11.1 Å². The van der Waals surface area contributed by atoms with E-state index in [1.54, 1.807) is 12.1 Å². The molecule has 0 saturated heterocycles. The van der Waals surface area contributed by atoms with E-state index in [1.165, 1.54) is 12.8 Å². The minimum Gasteiger partial charge on any atom is -0.384 e. The molecule has 0 aromatic carbocycles. The number of ether oxygens (including phenoxy) is 1. The van der Waals surface area contributed by atoms with E-state index in [4.69, 9.17) is 22.1 Å². The van der Waals surface area contributed by atoms with Crippen molar-refractivity contribution in [1.82, 2.24) is 10.3 Å². The molecular weight excluding hydrogens is 266 g/mol. The van der Waals surface area contributed by atoms with Crippen LogP contribution in [0.2, 0.25) is 5.02 Å². The second-order valence-corrected chi connectivity index (χ2v) is 5.01. The van der Waals surface area contributed by atoms with Gasteiger partial charge in [-0.05, 0) is 25.0 Å². The Bertz CT molecular complexity index is 448. The predicted octanol–water partition coefficient (Wildman–Crippen LogP) is 2.01. The number of nitrogens with zero attached hydrogens (tertiary/aromatic N) is 1. The van der Waals surface area contributed by atoms with Crippen LogP contribution in [0.1, 0.15) is 36.2 Å². The summed E-state index contributed by atoms with van der Waals surface area (Å²) in [6.07, 6.45) is 5.07. The summed E-state index contributed by atoms with van der Waals surface area (Å²) in [7, 11) is 0. The first-order valence-corrected chi connectivity index (χ1v) is 6.86. The van der Waals surface area contributed by atoms with Crippen LogP contribution in [-0.2, 0) is 4.74 Å². The lowest BCUT2D eigenvalue weighted by molar-refractivity contribution is 0.0581. The number of nitrogens with two attached hydrogens (primary N) is 1. The third kappa shape index (κ3) is 4.08. The number of pyridine rings is 1.